The summed E-state index contributed by atoms with van der Waals surface area (Å²) in [6.07, 6.45) is 1.63. The quantitative estimate of drug-likeness (QED) is 0.534. The van der Waals surface area contributed by atoms with Crippen molar-refractivity contribution in [1.29, 1.82) is 0 Å². The molecule has 0 N–H and O–H groups in total. The number of carbonyl (C=O) groups is 1. The average molecular weight is 459 g/mol. The van der Waals surface area contributed by atoms with Crippen LogP contribution >= 0.6 is 11.3 Å². The van der Waals surface area contributed by atoms with Crippen LogP contribution in [0, 0.1) is 0 Å². The van der Waals surface area contributed by atoms with Gasteiger partial charge in [0.25, 0.3) is 5.56 Å². The Morgan fingerprint density at radius 2 is 1.78 bits per heavy atom. The fraction of sp³-hybridized carbons (Fsp3) is 0.409. The van der Waals surface area contributed by atoms with E-state index in [0.717, 1.165) is 24.0 Å². The highest BCUT2D eigenvalue weighted by Gasteiger charge is 2.24. The van der Waals surface area contributed by atoms with E-state index >= 15 is 0 Å². The molecular formula is C22H26N4O5S. The number of methoxy groups -OCH3 is 3. The molecule has 1 saturated heterocycles. The van der Waals surface area contributed by atoms with E-state index in [9.17, 15) is 9.59 Å². The minimum absolute atomic E-state index is 0.0455. The van der Waals surface area contributed by atoms with E-state index in [4.69, 9.17) is 14.2 Å². The first kappa shape index (κ1) is 22.1. The van der Waals surface area contributed by atoms with Crippen molar-refractivity contribution in [1.82, 2.24) is 19.6 Å². The molecule has 1 aromatic carbocycles. The van der Waals surface area contributed by atoms with Gasteiger partial charge in [-0.3, -0.25) is 14.5 Å². The first-order valence-electron chi connectivity index (χ1n) is 10.3. The molecule has 4 rings (SSSR count). The Labute approximate surface area is 189 Å². The zero-order chi connectivity index (χ0) is 22.7. The molecule has 2 aromatic heterocycles. The maximum absolute atomic E-state index is 12.8. The Hall–Kier alpha value is -3.11. The first-order valence-corrected chi connectivity index (χ1v) is 11.1. The van der Waals surface area contributed by atoms with Crippen molar-refractivity contribution in [2.24, 2.45) is 0 Å². The van der Waals surface area contributed by atoms with Gasteiger partial charge < -0.3 is 19.1 Å². The summed E-state index contributed by atoms with van der Waals surface area (Å²) in [5.41, 5.74) is 0.773. The number of carbonyl (C=O) groups excluding carboxylic acids is 1. The van der Waals surface area contributed by atoms with Crippen LogP contribution in [0.4, 0.5) is 0 Å². The van der Waals surface area contributed by atoms with Crippen LogP contribution in [-0.4, -0.2) is 73.0 Å². The highest BCUT2D eigenvalue weighted by atomic mass is 32.1. The van der Waals surface area contributed by atoms with Crippen LogP contribution < -0.4 is 19.8 Å². The number of hydrogen-bond donors (Lipinski definition) is 0. The number of ether oxygens (including phenoxy) is 3. The molecule has 0 radical (unpaired) electrons. The highest BCUT2D eigenvalue weighted by Crippen LogP contribution is 2.40. The average Bonchev–Trinajstić information content (AvgIpc) is 3.30. The van der Waals surface area contributed by atoms with Crippen LogP contribution in [0.15, 0.2) is 34.6 Å². The van der Waals surface area contributed by atoms with E-state index in [2.05, 4.69) is 10.00 Å². The van der Waals surface area contributed by atoms with E-state index < -0.39 is 0 Å². The second-order valence-electron chi connectivity index (χ2n) is 7.46. The number of nitrogens with zero attached hydrogens (tertiary/aromatic N) is 4. The number of aromatic nitrogens is 2. The molecule has 9 nitrogen and oxygen atoms in total. The van der Waals surface area contributed by atoms with E-state index in [1.54, 1.807) is 32.4 Å². The van der Waals surface area contributed by atoms with Crippen LogP contribution in [-0.2, 0) is 17.9 Å². The lowest BCUT2D eigenvalue weighted by molar-refractivity contribution is -0.133. The van der Waals surface area contributed by atoms with Gasteiger partial charge in [-0.15, -0.1) is 11.3 Å². The van der Waals surface area contributed by atoms with Crippen LogP contribution in [0.25, 0.3) is 10.1 Å². The normalized spacial score (nSPS) is 14.5. The summed E-state index contributed by atoms with van der Waals surface area (Å²) >= 11 is 1.37. The van der Waals surface area contributed by atoms with E-state index in [-0.39, 0.29) is 18.0 Å². The zero-order valence-electron chi connectivity index (χ0n) is 18.4. The lowest BCUT2D eigenvalue weighted by atomic mass is 10.1. The Bertz CT molecular complexity index is 1170. The van der Waals surface area contributed by atoms with Gasteiger partial charge in [-0.05, 0) is 17.5 Å². The fourth-order valence-electron chi connectivity index (χ4n) is 3.92. The number of amides is 1. The number of hydrogen-bond acceptors (Lipinski definition) is 8. The van der Waals surface area contributed by atoms with Gasteiger partial charge in [0, 0.05) is 43.7 Å². The smallest absolute Gasteiger partial charge is 0.285 e. The third-order valence-electron chi connectivity index (χ3n) is 5.65. The lowest BCUT2D eigenvalue weighted by Crippen LogP contribution is -2.49. The van der Waals surface area contributed by atoms with Gasteiger partial charge in [0.05, 0.1) is 27.5 Å². The third-order valence-corrected chi connectivity index (χ3v) is 6.57. The van der Waals surface area contributed by atoms with Crippen molar-refractivity contribution in [2.45, 2.75) is 13.1 Å². The molecule has 3 aromatic rings. The molecule has 10 heteroatoms. The molecule has 0 saturated carbocycles. The molecule has 1 fully saturated rings. The predicted octanol–water partition coefficient (Wildman–Crippen LogP) is 1.83. The van der Waals surface area contributed by atoms with Gasteiger partial charge in [0.2, 0.25) is 11.7 Å². The molecule has 1 aliphatic rings. The highest BCUT2D eigenvalue weighted by molar-refractivity contribution is 7.17. The molecule has 170 valence electrons. The summed E-state index contributed by atoms with van der Waals surface area (Å²) < 4.78 is 18.3. The second kappa shape index (κ2) is 9.58. The minimum atomic E-state index is -0.218. The Morgan fingerprint density at radius 3 is 2.47 bits per heavy atom. The Balaban J connectivity index is 1.38. The summed E-state index contributed by atoms with van der Waals surface area (Å²) in [6.45, 7) is 3.23. The second-order valence-corrected chi connectivity index (χ2v) is 8.38. The van der Waals surface area contributed by atoms with Crippen molar-refractivity contribution < 1.29 is 19.0 Å². The standard InChI is InChI=1S/C22H26N4O5S/c1-29-17-5-4-16(19(30-2)20(17)31-3)13-24-7-9-25(10-8-24)18(27)14-26-22(28)21-15(12-23-26)6-11-32-21/h4-6,11-12H,7-10,13-14H2,1-3H3. The summed E-state index contributed by atoms with van der Waals surface area (Å²) in [4.78, 5) is 29.3. The molecule has 1 aliphatic heterocycles. The minimum Gasteiger partial charge on any atom is -0.493 e. The predicted molar refractivity (Wildman–Crippen MR) is 122 cm³/mol. The van der Waals surface area contributed by atoms with Crippen LogP contribution in [0.1, 0.15) is 5.56 Å². The lowest BCUT2D eigenvalue weighted by Gasteiger charge is -2.35. The summed E-state index contributed by atoms with van der Waals surface area (Å²) in [5.74, 6) is 1.74. The summed E-state index contributed by atoms with van der Waals surface area (Å²) in [6, 6.07) is 5.69. The van der Waals surface area contributed by atoms with Crippen LogP contribution in [0.2, 0.25) is 0 Å². The molecule has 0 bridgehead atoms. The number of benzene rings is 1. The van der Waals surface area contributed by atoms with Crippen molar-refractivity contribution in [3.8, 4) is 17.2 Å². The Kier molecular flexibility index (Phi) is 6.61. The molecular weight excluding hydrogens is 432 g/mol. The van der Waals surface area contributed by atoms with Gasteiger partial charge in [0.1, 0.15) is 11.2 Å². The molecule has 32 heavy (non-hydrogen) atoms. The summed E-state index contributed by atoms with van der Waals surface area (Å²) in [5, 5.41) is 6.81. The molecule has 3 heterocycles. The fourth-order valence-corrected chi connectivity index (χ4v) is 4.73. The topological polar surface area (TPSA) is 86.1 Å². The van der Waals surface area contributed by atoms with Gasteiger partial charge >= 0.3 is 0 Å². The van der Waals surface area contributed by atoms with Gasteiger partial charge in [-0.25, -0.2) is 4.68 Å². The number of fused-ring (bicyclic) bond motifs is 1. The molecule has 1 amide bonds. The van der Waals surface area contributed by atoms with Crippen molar-refractivity contribution >= 4 is 27.3 Å². The molecule has 0 spiro atoms. The SMILES string of the molecule is COc1ccc(CN2CCN(C(=O)Cn3ncc4ccsc4c3=O)CC2)c(OC)c1OC. The largest absolute Gasteiger partial charge is 0.493 e. The summed E-state index contributed by atoms with van der Waals surface area (Å²) in [7, 11) is 4.79. The molecule has 0 aliphatic carbocycles. The molecule has 0 unspecified atom stereocenters. The first-order chi connectivity index (χ1) is 15.5. The van der Waals surface area contributed by atoms with Gasteiger partial charge in [-0.1, -0.05) is 6.07 Å². The van der Waals surface area contributed by atoms with Crippen molar-refractivity contribution in [3.05, 3.63) is 45.7 Å². The zero-order valence-corrected chi connectivity index (χ0v) is 19.2. The van der Waals surface area contributed by atoms with Crippen LogP contribution in [0.5, 0.6) is 17.2 Å². The number of rotatable bonds is 7. The molecule has 0 atom stereocenters. The van der Waals surface area contributed by atoms with Crippen molar-refractivity contribution in [3.63, 3.8) is 0 Å². The monoisotopic (exact) mass is 458 g/mol. The maximum atomic E-state index is 12.8. The van der Waals surface area contributed by atoms with Crippen molar-refractivity contribution in [2.75, 3.05) is 47.5 Å². The number of thiophene rings is 1. The van der Waals surface area contributed by atoms with Gasteiger partial charge in [-0.2, -0.15) is 5.10 Å². The maximum Gasteiger partial charge on any atom is 0.285 e. The third kappa shape index (κ3) is 4.28. The van der Waals surface area contributed by atoms with E-state index in [1.165, 1.54) is 16.0 Å². The van der Waals surface area contributed by atoms with E-state index in [1.807, 2.05) is 23.6 Å². The Morgan fingerprint density at radius 1 is 1.03 bits per heavy atom. The van der Waals surface area contributed by atoms with Crippen LogP contribution in [0.3, 0.4) is 0 Å². The number of piperazine rings is 1. The van der Waals surface area contributed by atoms with E-state index in [0.29, 0.717) is 41.6 Å². The van der Waals surface area contributed by atoms with Gasteiger partial charge in [0.15, 0.2) is 11.5 Å².